The van der Waals surface area contributed by atoms with E-state index in [0.29, 0.717) is 15.2 Å². The monoisotopic (exact) mass is 318 g/mol. The maximum absolute atomic E-state index is 12.9. The van der Waals surface area contributed by atoms with Crippen LogP contribution in [0.25, 0.3) is 10.8 Å². The summed E-state index contributed by atoms with van der Waals surface area (Å²) in [6.45, 7) is 0.767. The second-order valence-corrected chi connectivity index (χ2v) is 5.16. The average Bonchev–Trinajstić information content (AvgIpc) is 2.26. The molecule has 0 amide bonds. The lowest BCUT2D eigenvalue weighted by Gasteiger charge is -2.28. The average molecular weight is 319 g/mol. The number of hydrogen-bond acceptors (Lipinski definition) is 1. The molecule has 0 heterocycles. The predicted molar refractivity (Wildman–Crippen MR) is 67.3 cm³/mol. The van der Waals surface area contributed by atoms with Crippen LogP contribution in [0.1, 0.15) is 12.5 Å². The van der Waals surface area contributed by atoms with Gasteiger partial charge in [-0.05, 0) is 29.8 Å². The molecule has 2 rings (SSSR count). The third kappa shape index (κ3) is 2.12. The molecule has 1 atom stereocenters. The second kappa shape index (κ2) is 4.24. The van der Waals surface area contributed by atoms with E-state index in [0.717, 1.165) is 6.92 Å². The third-order valence-corrected chi connectivity index (χ3v) is 3.41. The lowest BCUT2D eigenvalue weighted by atomic mass is 9.90. The summed E-state index contributed by atoms with van der Waals surface area (Å²) in [5, 5.41) is 10.8. The zero-order valence-electron chi connectivity index (χ0n) is 9.42. The van der Waals surface area contributed by atoms with Crippen LogP contribution in [0.4, 0.5) is 13.2 Å². The van der Waals surface area contributed by atoms with Gasteiger partial charge >= 0.3 is 6.18 Å². The highest BCUT2D eigenvalue weighted by atomic mass is 79.9. The van der Waals surface area contributed by atoms with Gasteiger partial charge in [-0.1, -0.05) is 40.2 Å². The highest BCUT2D eigenvalue weighted by Crippen LogP contribution is 2.41. The van der Waals surface area contributed by atoms with E-state index in [4.69, 9.17) is 0 Å². The van der Waals surface area contributed by atoms with E-state index in [1.54, 1.807) is 24.3 Å². The molecule has 0 aliphatic heterocycles. The minimum absolute atomic E-state index is 0.145. The minimum Gasteiger partial charge on any atom is -0.376 e. The van der Waals surface area contributed by atoms with Gasteiger partial charge in [-0.25, -0.2) is 0 Å². The number of benzene rings is 2. The molecule has 0 aromatic heterocycles. The van der Waals surface area contributed by atoms with Gasteiger partial charge in [0.1, 0.15) is 0 Å². The van der Waals surface area contributed by atoms with E-state index >= 15 is 0 Å². The van der Waals surface area contributed by atoms with Gasteiger partial charge in [0.15, 0.2) is 5.60 Å². The predicted octanol–water partition coefficient (Wildman–Crippen LogP) is 4.37. The number of fused-ring (bicyclic) bond motifs is 1. The Morgan fingerprint density at radius 3 is 2.39 bits per heavy atom. The summed E-state index contributed by atoms with van der Waals surface area (Å²) in [6, 6.07) is 9.53. The highest BCUT2D eigenvalue weighted by molar-refractivity contribution is 9.10. The van der Waals surface area contributed by atoms with Crippen molar-refractivity contribution in [1.82, 2.24) is 0 Å². The molecule has 0 aliphatic rings. The lowest BCUT2D eigenvalue weighted by molar-refractivity contribution is -0.258. The third-order valence-electron chi connectivity index (χ3n) is 2.92. The molecule has 0 radical (unpaired) electrons. The van der Waals surface area contributed by atoms with E-state index < -0.39 is 11.8 Å². The van der Waals surface area contributed by atoms with Crippen molar-refractivity contribution in [3.05, 3.63) is 46.4 Å². The molecule has 1 N–H and O–H groups in total. The smallest absolute Gasteiger partial charge is 0.376 e. The maximum Gasteiger partial charge on any atom is 0.421 e. The van der Waals surface area contributed by atoms with E-state index in [1.807, 2.05) is 0 Å². The SMILES string of the molecule is CC(O)(c1cccc2ccc(Br)cc12)C(F)(F)F. The second-order valence-electron chi connectivity index (χ2n) is 4.24. The first-order valence-corrected chi connectivity index (χ1v) is 6.00. The Kier molecular flexibility index (Phi) is 3.15. The molecule has 0 saturated heterocycles. The molecular formula is C13H10BrF3O. The molecule has 18 heavy (non-hydrogen) atoms. The lowest BCUT2D eigenvalue weighted by Crippen LogP contribution is -2.39. The zero-order valence-corrected chi connectivity index (χ0v) is 11.0. The largest absolute Gasteiger partial charge is 0.421 e. The molecule has 0 spiro atoms. The molecule has 1 unspecified atom stereocenters. The Morgan fingerprint density at radius 2 is 1.78 bits per heavy atom. The van der Waals surface area contributed by atoms with Gasteiger partial charge in [-0.2, -0.15) is 13.2 Å². The fourth-order valence-electron chi connectivity index (χ4n) is 1.82. The maximum atomic E-state index is 12.9. The summed E-state index contributed by atoms with van der Waals surface area (Å²) in [4.78, 5) is 0. The van der Waals surface area contributed by atoms with Crippen molar-refractivity contribution < 1.29 is 18.3 Å². The molecular weight excluding hydrogens is 309 g/mol. The standard InChI is InChI=1S/C13H10BrF3O/c1-12(18,13(15,16)17)11-4-2-3-8-5-6-9(14)7-10(8)11/h2-7,18H,1H3. The topological polar surface area (TPSA) is 20.2 Å². The fourth-order valence-corrected chi connectivity index (χ4v) is 2.18. The van der Waals surface area contributed by atoms with Crippen molar-refractivity contribution in [2.45, 2.75) is 18.7 Å². The molecule has 0 saturated carbocycles. The minimum atomic E-state index is -4.72. The molecule has 2 aromatic carbocycles. The van der Waals surface area contributed by atoms with Crippen LogP contribution in [-0.2, 0) is 5.60 Å². The molecule has 96 valence electrons. The van der Waals surface area contributed by atoms with Crippen LogP contribution in [0, 0.1) is 0 Å². The van der Waals surface area contributed by atoms with Crippen LogP contribution in [0.3, 0.4) is 0 Å². The number of rotatable bonds is 1. The van der Waals surface area contributed by atoms with Crippen LogP contribution >= 0.6 is 15.9 Å². The number of halogens is 4. The van der Waals surface area contributed by atoms with Gasteiger partial charge < -0.3 is 5.11 Å². The van der Waals surface area contributed by atoms with Crippen LogP contribution in [-0.4, -0.2) is 11.3 Å². The summed E-state index contributed by atoms with van der Waals surface area (Å²) < 4.78 is 39.3. The van der Waals surface area contributed by atoms with Gasteiger partial charge in [-0.3, -0.25) is 0 Å². The molecule has 0 aliphatic carbocycles. The molecule has 5 heteroatoms. The van der Waals surface area contributed by atoms with Crippen molar-refractivity contribution in [2.24, 2.45) is 0 Å². The van der Waals surface area contributed by atoms with Gasteiger partial charge in [0.05, 0.1) is 0 Å². The van der Waals surface area contributed by atoms with Crippen molar-refractivity contribution in [2.75, 3.05) is 0 Å². The molecule has 1 nitrogen and oxygen atoms in total. The molecule has 0 fully saturated rings. The van der Waals surface area contributed by atoms with E-state index in [9.17, 15) is 18.3 Å². The van der Waals surface area contributed by atoms with Gasteiger partial charge in [0.25, 0.3) is 0 Å². The summed E-state index contributed by atoms with van der Waals surface area (Å²) >= 11 is 3.22. The first-order chi connectivity index (χ1) is 8.23. The number of alkyl halides is 3. The Bertz CT molecular complexity index is 590. The van der Waals surface area contributed by atoms with E-state index in [2.05, 4.69) is 15.9 Å². The zero-order chi connectivity index (χ0) is 13.6. The first-order valence-electron chi connectivity index (χ1n) is 5.21. The van der Waals surface area contributed by atoms with Crippen molar-refractivity contribution >= 4 is 26.7 Å². The van der Waals surface area contributed by atoms with Gasteiger partial charge in [0.2, 0.25) is 0 Å². The van der Waals surface area contributed by atoms with Gasteiger partial charge in [0, 0.05) is 10.0 Å². The van der Waals surface area contributed by atoms with E-state index in [-0.39, 0.29) is 5.56 Å². The Labute approximate surface area is 110 Å². The first kappa shape index (κ1) is 13.4. The normalized spacial score (nSPS) is 15.7. The highest BCUT2D eigenvalue weighted by Gasteiger charge is 2.51. The number of aliphatic hydroxyl groups is 1. The quantitative estimate of drug-likeness (QED) is 0.827. The van der Waals surface area contributed by atoms with Crippen LogP contribution < -0.4 is 0 Å². The van der Waals surface area contributed by atoms with Crippen molar-refractivity contribution in [3.63, 3.8) is 0 Å². The Hall–Kier alpha value is -1.07. The summed E-state index contributed by atoms with van der Waals surface area (Å²) in [5.74, 6) is 0. The van der Waals surface area contributed by atoms with Crippen LogP contribution in [0.5, 0.6) is 0 Å². The van der Waals surface area contributed by atoms with Crippen LogP contribution in [0.15, 0.2) is 40.9 Å². The van der Waals surface area contributed by atoms with Gasteiger partial charge in [-0.15, -0.1) is 0 Å². The van der Waals surface area contributed by atoms with Crippen LogP contribution in [0.2, 0.25) is 0 Å². The molecule has 0 bridgehead atoms. The molecule has 2 aromatic rings. The summed E-state index contributed by atoms with van der Waals surface area (Å²) in [7, 11) is 0. The van der Waals surface area contributed by atoms with Crippen molar-refractivity contribution in [3.8, 4) is 0 Å². The van der Waals surface area contributed by atoms with Crippen molar-refractivity contribution in [1.29, 1.82) is 0 Å². The summed E-state index contributed by atoms with van der Waals surface area (Å²) in [5.41, 5.74) is -3.01. The Balaban J connectivity index is 2.75. The summed E-state index contributed by atoms with van der Waals surface area (Å²) in [6.07, 6.45) is -4.72. The fraction of sp³-hybridized carbons (Fsp3) is 0.231. The van der Waals surface area contributed by atoms with E-state index in [1.165, 1.54) is 12.1 Å². The Morgan fingerprint density at radius 1 is 1.11 bits per heavy atom. The number of hydrogen-bond donors (Lipinski definition) is 1.